The normalized spacial score (nSPS) is 18.9. The lowest BCUT2D eigenvalue weighted by Crippen LogP contribution is -2.68. The Labute approximate surface area is 185 Å². The molecule has 0 saturated carbocycles. The molecule has 2 saturated heterocycles. The molecule has 168 valence electrons. The number of nitrogens with two attached hydrogens (primary N) is 1. The van der Waals surface area contributed by atoms with Crippen molar-refractivity contribution in [1.82, 2.24) is 30.1 Å². The summed E-state index contributed by atoms with van der Waals surface area (Å²) >= 11 is 0. The molecule has 3 aromatic rings. The summed E-state index contributed by atoms with van der Waals surface area (Å²) in [4.78, 5) is 26.3. The van der Waals surface area contributed by atoms with E-state index in [0.29, 0.717) is 31.8 Å². The van der Waals surface area contributed by atoms with Gasteiger partial charge in [-0.05, 0) is 37.6 Å². The van der Waals surface area contributed by atoms with Gasteiger partial charge in [0.05, 0.1) is 29.9 Å². The van der Waals surface area contributed by atoms with Crippen LogP contribution in [-0.2, 0) is 7.05 Å². The lowest BCUT2D eigenvalue weighted by atomic mass is 10.1. The Morgan fingerprint density at radius 3 is 2.78 bits per heavy atom. The number of carbonyl (C=O) groups is 1. The second-order valence-corrected chi connectivity index (χ2v) is 8.24. The Balaban J connectivity index is 1.39. The number of anilines is 3. The zero-order valence-electron chi connectivity index (χ0n) is 18.7. The Morgan fingerprint density at radius 1 is 1.22 bits per heavy atom. The topological polar surface area (TPSA) is 118 Å². The number of hydrogen-bond acceptors (Lipinski definition) is 8. The lowest BCUT2D eigenvalue weighted by Gasteiger charge is -2.47. The van der Waals surface area contributed by atoms with E-state index in [1.807, 2.05) is 44.0 Å². The minimum Gasteiger partial charge on any atom is -0.496 e. The number of nitrogens with zero attached hydrogens (tertiary/aromatic N) is 7. The Morgan fingerprint density at radius 2 is 2.03 bits per heavy atom. The van der Waals surface area contributed by atoms with Crippen LogP contribution in [0.4, 0.5) is 22.2 Å². The number of fused-ring (bicyclic) bond motifs is 2. The first-order chi connectivity index (χ1) is 15.4. The molecule has 3 N–H and O–H groups in total. The number of hydrogen-bond donors (Lipinski definition) is 2. The van der Waals surface area contributed by atoms with Gasteiger partial charge in [-0.3, -0.25) is 0 Å². The second kappa shape index (κ2) is 7.52. The molecule has 2 aliphatic heterocycles. The van der Waals surface area contributed by atoms with Gasteiger partial charge in [0, 0.05) is 33.2 Å². The average molecular weight is 438 g/mol. The van der Waals surface area contributed by atoms with Gasteiger partial charge in [0.1, 0.15) is 11.6 Å². The summed E-state index contributed by atoms with van der Waals surface area (Å²) in [7, 11) is 3.49. The summed E-state index contributed by atoms with van der Waals surface area (Å²) in [6.07, 6.45) is 0. The van der Waals surface area contributed by atoms with Crippen LogP contribution < -0.4 is 25.8 Å². The number of aryl methyl sites for hydroxylation is 3. The molecule has 0 bridgehead atoms. The quantitative estimate of drug-likeness (QED) is 0.628. The maximum absolute atomic E-state index is 13.3. The molecule has 2 aromatic heterocycles. The van der Waals surface area contributed by atoms with Crippen LogP contribution in [-0.4, -0.2) is 70.0 Å². The van der Waals surface area contributed by atoms with Gasteiger partial charge in [0.15, 0.2) is 5.65 Å². The maximum Gasteiger partial charge on any atom is 0.339 e. The summed E-state index contributed by atoms with van der Waals surface area (Å²) in [6, 6.07) is 5.67. The third-order valence-corrected chi connectivity index (χ3v) is 6.20. The number of ether oxygens (including phenoxy) is 1. The Bertz CT molecular complexity index is 1210. The average Bonchev–Trinajstić information content (AvgIpc) is 3.06. The number of aromatic nitrogens is 4. The second-order valence-electron chi connectivity index (χ2n) is 8.24. The summed E-state index contributed by atoms with van der Waals surface area (Å²) < 4.78 is 7.06. The van der Waals surface area contributed by atoms with E-state index < -0.39 is 0 Å². The monoisotopic (exact) mass is 437 g/mol. The SMILES string of the molecule is COc1ccc(N2NC[C@@H]3CN(c4nc(N)nc5c4c(C)nn5C)CCN3C2=O)cc1C. The molecule has 0 spiro atoms. The van der Waals surface area contributed by atoms with Crippen molar-refractivity contribution in [3.63, 3.8) is 0 Å². The number of carbonyl (C=O) groups excluding carboxylic acids is 1. The zero-order chi connectivity index (χ0) is 22.6. The lowest BCUT2D eigenvalue weighted by molar-refractivity contribution is 0.151. The van der Waals surface area contributed by atoms with Crippen LogP contribution in [0.2, 0.25) is 0 Å². The molecule has 0 unspecified atom stereocenters. The van der Waals surface area contributed by atoms with Crippen molar-refractivity contribution in [2.75, 3.05) is 48.9 Å². The summed E-state index contributed by atoms with van der Waals surface area (Å²) in [6.45, 7) is 6.42. The van der Waals surface area contributed by atoms with E-state index >= 15 is 0 Å². The molecule has 2 aliphatic rings. The van der Waals surface area contributed by atoms with Gasteiger partial charge in [-0.2, -0.15) is 15.1 Å². The summed E-state index contributed by atoms with van der Waals surface area (Å²) in [5, 5.41) is 7.00. The fourth-order valence-corrected chi connectivity index (χ4v) is 4.63. The van der Waals surface area contributed by atoms with Crippen molar-refractivity contribution in [2.24, 2.45) is 7.05 Å². The van der Waals surface area contributed by atoms with Crippen molar-refractivity contribution < 1.29 is 9.53 Å². The maximum atomic E-state index is 13.3. The predicted molar refractivity (Wildman–Crippen MR) is 122 cm³/mol. The summed E-state index contributed by atoms with van der Waals surface area (Å²) in [5.74, 6) is 1.79. The van der Waals surface area contributed by atoms with E-state index in [1.54, 1.807) is 16.8 Å². The van der Waals surface area contributed by atoms with Crippen molar-refractivity contribution in [2.45, 2.75) is 19.9 Å². The van der Waals surface area contributed by atoms with Crippen molar-refractivity contribution >= 4 is 34.5 Å². The van der Waals surface area contributed by atoms with Crippen LogP contribution in [0.3, 0.4) is 0 Å². The highest BCUT2D eigenvalue weighted by atomic mass is 16.5. The molecule has 5 rings (SSSR count). The number of rotatable bonds is 3. The fourth-order valence-electron chi connectivity index (χ4n) is 4.63. The molecule has 11 nitrogen and oxygen atoms in total. The fraction of sp³-hybridized carbons (Fsp3) is 0.429. The number of amides is 2. The van der Waals surface area contributed by atoms with E-state index in [-0.39, 0.29) is 18.0 Å². The third kappa shape index (κ3) is 3.16. The number of methoxy groups -OCH3 is 1. The molecule has 0 radical (unpaired) electrons. The van der Waals surface area contributed by atoms with E-state index in [9.17, 15) is 4.79 Å². The van der Waals surface area contributed by atoms with Gasteiger partial charge in [0.2, 0.25) is 5.95 Å². The molecule has 1 atom stereocenters. The zero-order valence-corrected chi connectivity index (χ0v) is 18.7. The molecular weight excluding hydrogens is 410 g/mol. The van der Waals surface area contributed by atoms with Gasteiger partial charge >= 0.3 is 6.03 Å². The third-order valence-electron chi connectivity index (χ3n) is 6.20. The Hall–Kier alpha value is -3.60. The van der Waals surface area contributed by atoms with Gasteiger partial charge in [0.25, 0.3) is 0 Å². The van der Waals surface area contributed by atoms with Crippen molar-refractivity contribution in [1.29, 1.82) is 0 Å². The van der Waals surface area contributed by atoms with Gasteiger partial charge < -0.3 is 20.3 Å². The number of urea groups is 1. The summed E-state index contributed by atoms with van der Waals surface area (Å²) in [5.41, 5.74) is 12.6. The smallest absolute Gasteiger partial charge is 0.339 e. The van der Waals surface area contributed by atoms with Crippen molar-refractivity contribution in [3.05, 3.63) is 29.5 Å². The molecule has 11 heteroatoms. The van der Waals surface area contributed by atoms with E-state index in [1.165, 1.54) is 0 Å². The largest absolute Gasteiger partial charge is 0.496 e. The van der Waals surface area contributed by atoms with Gasteiger partial charge in [-0.25, -0.2) is 19.9 Å². The molecule has 2 fully saturated rings. The highest BCUT2D eigenvalue weighted by Gasteiger charge is 2.38. The first kappa shape index (κ1) is 20.3. The molecule has 32 heavy (non-hydrogen) atoms. The Kier molecular flexibility index (Phi) is 4.77. The minimum atomic E-state index is -0.0598. The molecule has 4 heterocycles. The molecule has 0 aliphatic carbocycles. The van der Waals surface area contributed by atoms with Crippen LogP contribution >= 0.6 is 0 Å². The number of piperazine rings is 1. The van der Waals surface area contributed by atoms with E-state index in [0.717, 1.165) is 33.9 Å². The van der Waals surface area contributed by atoms with Crippen LogP contribution in [0.15, 0.2) is 18.2 Å². The number of hydrazine groups is 1. The van der Waals surface area contributed by atoms with Gasteiger partial charge in [-0.15, -0.1) is 0 Å². The first-order valence-corrected chi connectivity index (χ1v) is 10.6. The van der Waals surface area contributed by atoms with Crippen LogP contribution in [0.25, 0.3) is 11.0 Å². The van der Waals surface area contributed by atoms with Crippen LogP contribution in [0, 0.1) is 13.8 Å². The van der Waals surface area contributed by atoms with Crippen LogP contribution in [0.5, 0.6) is 5.75 Å². The molecule has 1 aromatic carbocycles. The number of nitrogens with one attached hydrogen (secondary N) is 1. The number of benzene rings is 1. The standard InChI is InChI=1S/C21H27N9O2/c1-12-9-14(5-6-16(12)32-4)30-21(31)29-8-7-28(11-15(29)10-23-30)19-17-13(2)26-27(3)18(17)24-20(22)25-19/h5-6,9,15,23H,7-8,10-11H2,1-4H3,(H2,22,24,25)/t15-/m1/s1. The number of nitrogen functional groups attached to an aromatic ring is 1. The minimum absolute atomic E-state index is 0.00932. The highest BCUT2D eigenvalue weighted by molar-refractivity contribution is 5.93. The van der Waals surface area contributed by atoms with E-state index in [4.69, 9.17) is 10.5 Å². The van der Waals surface area contributed by atoms with E-state index in [2.05, 4.69) is 25.4 Å². The molecular formula is C21H27N9O2. The van der Waals surface area contributed by atoms with Crippen molar-refractivity contribution in [3.8, 4) is 5.75 Å². The van der Waals surface area contributed by atoms with Crippen LogP contribution in [0.1, 0.15) is 11.3 Å². The first-order valence-electron chi connectivity index (χ1n) is 10.6. The van der Waals surface area contributed by atoms with Gasteiger partial charge in [-0.1, -0.05) is 0 Å². The highest BCUT2D eigenvalue weighted by Crippen LogP contribution is 2.31. The predicted octanol–water partition coefficient (Wildman–Crippen LogP) is 1.21. The molecule has 2 amide bonds.